The van der Waals surface area contributed by atoms with Crippen LogP contribution in [-0.4, -0.2) is 62.0 Å². The van der Waals surface area contributed by atoms with Gasteiger partial charge in [0.25, 0.3) is 0 Å². The highest BCUT2D eigenvalue weighted by atomic mass is 15.2. The van der Waals surface area contributed by atoms with Crippen molar-refractivity contribution in [2.24, 2.45) is 10.7 Å². The summed E-state index contributed by atoms with van der Waals surface area (Å²) in [7, 11) is 2.19. The van der Waals surface area contributed by atoms with E-state index in [-0.39, 0.29) is 0 Å². The maximum atomic E-state index is 6.57. The molecule has 1 saturated heterocycles. The van der Waals surface area contributed by atoms with Gasteiger partial charge in [-0.05, 0) is 62.4 Å². The minimum Gasteiger partial charge on any atom is -0.383 e. The molecule has 0 aromatic heterocycles. The summed E-state index contributed by atoms with van der Waals surface area (Å²) in [5.41, 5.74) is 13.7. The molecule has 4 rings (SSSR count). The third kappa shape index (κ3) is 6.16. The summed E-state index contributed by atoms with van der Waals surface area (Å²) in [4.78, 5) is 9.71. The number of rotatable bonds is 8. The van der Waals surface area contributed by atoms with Crippen molar-refractivity contribution in [1.29, 1.82) is 0 Å². The summed E-state index contributed by atoms with van der Waals surface area (Å²) < 4.78 is 0. The number of benzene rings is 3. The lowest BCUT2D eigenvalue weighted by Gasteiger charge is -2.32. The first-order valence-electron chi connectivity index (χ1n) is 12.0. The highest BCUT2D eigenvalue weighted by molar-refractivity contribution is 6.04. The number of anilines is 3. The minimum atomic E-state index is 0.519. The molecule has 0 bridgehead atoms. The van der Waals surface area contributed by atoms with Crippen LogP contribution in [0.5, 0.6) is 0 Å². The van der Waals surface area contributed by atoms with E-state index in [9.17, 15) is 0 Å². The molecule has 0 unspecified atom stereocenters. The van der Waals surface area contributed by atoms with Crippen LogP contribution in [-0.2, 0) is 0 Å². The lowest BCUT2D eigenvalue weighted by atomic mass is 10.1. The van der Waals surface area contributed by atoms with Crippen LogP contribution in [0.15, 0.2) is 71.7 Å². The van der Waals surface area contributed by atoms with Crippen molar-refractivity contribution in [1.82, 2.24) is 9.80 Å². The molecule has 0 amide bonds. The van der Waals surface area contributed by atoms with Crippen molar-refractivity contribution >= 4 is 28.6 Å². The van der Waals surface area contributed by atoms with E-state index in [2.05, 4.69) is 89.9 Å². The van der Waals surface area contributed by atoms with Gasteiger partial charge < -0.3 is 21.3 Å². The van der Waals surface area contributed by atoms with Crippen molar-refractivity contribution < 1.29 is 0 Å². The highest BCUT2D eigenvalue weighted by Gasteiger charge is 2.14. The Bertz CT molecular complexity index is 1100. The minimum absolute atomic E-state index is 0.519. The van der Waals surface area contributed by atoms with Crippen molar-refractivity contribution in [3.63, 3.8) is 0 Å². The monoisotopic (exact) mass is 456 g/mol. The summed E-state index contributed by atoms with van der Waals surface area (Å²) in [6.45, 7) is 10.4. The van der Waals surface area contributed by atoms with Crippen LogP contribution < -0.4 is 16.4 Å². The maximum Gasteiger partial charge on any atom is 0.133 e. The fraction of sp³-hybridized carbons (Fsp3) is 0.321. The molecule has 178 valence electrons. The third-order valence-electron chi connectivity index (χ3n) is 6.37. The first-order valence-corrected chi connectivity index (χ1v) is 12.0. The predicted molar refractivity (Wildman–Crippen MR) is 145 cm³/mol. The summed E-state index contributed by atoms with van der Waals surface area (Å²) in [5.74, 6) is 0.519. The molecule has 1 heterocycles. The van der Waals surface area contributed by atoms with Gasteiger partial charge in [-0.2, -0.15) is 0 Å². The molecule has 0 saturated carbocycles. The smallest absolute Gasteiger partial charge is 0.133 e. The third-order valence-corrected chi connectivity index (χ3v) is 6.37. The van der Waals surface area contributed by atoms with Crippen LogP contribution in [0.2, 0.25) is 0 Å². The molecule has 1 fully saturated rings. The second-order valence-corrected chi connectivity index (χ2v) is 9.06. The van der Waals surface area contributed by atoms with Gasteiger partial charge in [0.1, 0.15) is 5.84 Å². The average Bonchev–Trinajstić information content (AvgIpc) is 2.83. The van der Waals surface area contributed by atoms with Gasteiger partial charge in [-0.3, -0.25) is 4.90 Å². The number of aryl methyl sites for hydroxylation is 2. The number of piperazine rings is 1. The average molecular weight is 457 g/mol. The maximum absolute atomic E-state index is 6.57. The lowest BCUT2D eigenvalue weighted by molar-refractivity contribution is 0.158. The van der Waals surface area contributed by atoms with E-state index in [0.717, 1.165) is 78.7 Å². The van der Waals surface area contributed by atoms with Gasteiger partial charge in [-0.15, -0.1) is 0 Å². The van der Waals surface area contributed by atoms with Crippen LogP contribution in [0.4, 0.5) is 22.7 Å². The summed E-state index contributed by atoms with van der Waals surface area (Å²) in [6, 6.07) is 22.6. The van der Waals surface area contributed by atoms with Crippen LogP contribution in [0.25, 0.3) is 0 Å². The van der Waals surface area contributed by atoms with Crippen LogP contribution in [0.3, 0.4) is 0 Å². The van der Waals surface area contributed by atoms with E-state index in [1.807, 2.05) is 18.2 Å². The van der Waals surface area contributed by atoms with E-state index < -0.39 is 0 Å². The molecule has 0 aliphatic carbocycles. The second-order valence-electron chi connectivity index (χ2n) is 9.06. The standard InChI is InChI=1S/C28H36N6/c1-21-8-7-9-22(2)27(21)32-28(29)25-13-12-24(31-23-10-5-4-6-11-23)20-26(25)30-14-15-34-18-16-33(3)17-19-34/h4-13,20,30-31H,14-19H2,1-3H3,(H2,29,32). The zero-order valence-electron chi connectivity index (χ0n) is 20.5. The van der Waals surface area contributed by atoms with E-state index in [0.29, 0.717) is 5.84 Å². The Morgan fingerprint density at radius 1 is 0.882 bits per heavy atom. The number of nitrogens with zero attached hydrogens (tertiary/aromatic N) is 3. The topological polar surface area (TPSA) is 68.9 Å². The molecule has 6 nitrogen and oxygen atoms in total. The Balaban J connectivity index is 1.57. The molecule has 34 heavy (non-hydrogen) atoms. The molecule has 1 aliphatic heterocycles. The van der Waals surface area contributed by atoms with Crippen molar-refractivity contribution in [2.75, 3.05) is 56.9 Å². The lowest BCUT2D eigenvalue weighted by Crippen LogP contribution is -2.45. The highest BCUT2D eigenvalue weighted by Crippen LogP contribution is 2.27. The molecule has 0 radical (unpaired) electrons. The summed E-state index contributed by atoms with van der Waals surface area (Å²) in [6.07, 6.45) is 0. The van der Waals surface area contributed by atoms with Crippen molar-refractivity contribution in [3.8, 4) is 0 Å². The molecule has 6 heteroatoms. The Labute approximate surface area is 203 Å². The van der Waals surface area contributed by atoms with Crippen LogP contribution >= 0.6 is 0 Å². The molecule has 0 atom stereocenters. The van der Waals surface area contributed by atoms with Gasteiger partial charge in [0.2, 0.25) is 0 Å². The van der Waals surface area contributed by atoms with E-state index in [4.69, 9.17) is 10.7 Å². The molecule has 3 aromatic rings. The van der Waals surface area contributed by atoms with Gasteiger partial charge in [0.15, 0.2) is 0 Å². The Morgan fingerprint density at radius 3 is 2.29 bits per heavy atom. The number of nitrogens with one attached hydrogen (secondary N) is 2. The molecular weight excluding hydrogens is 420 g/mol. The largest absolute Gasteiger partial charge is 0.383 e. The quantitative estimate of drug-likeness (QED) is 0.337. The fourth-order valence-corrected chi connectivity index (χ4v) is 4.26. The van der Waals surface area contributed by atoms with Gasteiger partial charge in [-0.25, -0.2) is 4.99 Å². The van der Waals surface area contributed by atoms with Crippen molar-refractivity contribution in [2.45, 2.75) is 13.8 Å². The van der Waals surface area contributed by atoms with Gasteiger partial charge >= 0.3 is 0 Å². The van der Waals surface area contributed by atoms with Crippen molar-refractivity contribution in [3.05, 3.63) is 83.4 Å². The van der Waals surface area contributed by atoms with E-state index >= 15 is 0 Å². The number of amidine groups is 1. The van der Waals surface area contributed by atoms with E-state index in [1.54, 1.807) is 0 Å². The number of hydrogen-bond acceptors (Lipinski definition) is 5. The van der Waals surface area contributed by atoms with Gasteiger partial charge in [0, 0.05) is 61.9 Å². The molecule has 4 N–H and O–H groups in total. The molecule has 0 spiro atoms. The fourth-order valence-electron chi connectivity index (χ4n) is 4.26. The van der Waals surface area contributed by atoms with Gasteiger partial charge in [0.05, 0.1) is 5.69 Å². The molecule has 1 aliphatic rings. The first-order chi connectivity index (χ1) is 16.5. The number of nitrogens with two attached hydrogens (primary N) is 1. The Morgan fingerprint density at radius 2 is 1.59 bits per heavy atom. The second kappa shape index (κ2) is 11.2. The number of para-hydroxylation sites is 2. The number of aliphatic imine (C=N–C) groups is 1. The Kier molecular flexibility index (Phi) is 7.83. The van der Waals surface area contributed by atoms with Crippen LogP contribution in [0, 0.1) is 13.8 Å². The first kappa shape index (κ1) is 23.8. The molecular formula is C28H36N6. The zero-order chi connectivity index (χ0) is 23.9. The van der Waals surface area contributed by atoms with Crippen LogP contribution in [0.1, 0.15) is 16.7 Å². The summed E-state index contributed by atoms with van der Waals surface area (Å²) in [5, 5.41) is 7.12. The zero-order valence-corrected chi connectivity index (χ0v) is 20.5. The predicted octanol–water partition coefficient (Wildman–Crippen LogP) is 4.74. The van der Waals surface area contributed by atoms with E-state index in [1.165, 1.54) is 0 Å². The normalized spacial score (nSPS) is 15.3. The van der Waals surface area contributed by atoms with Gasteiger partial charge in [-0.1, -0.05) is 36.4 Å². The SMILES string of the molecule is Cc1cccc(C)c1N=C(N)c1ccc(Nc2ccccc2)cc1NCCN1CCN(C)CC1. The molecule has 3 aromatic carbocycles. The number of hydrogen-bond donors (Lipinski definition) is 3. The number of likely N-dealkylation sites (N-methyl/N-ethyl adjacent to an activating group) is 1. The summed E-state index contributed by atoms with van der Waals surface area (Å²) >= 11 is 0. The Hall–Kier alpha value is -3.35.